The van der Waals surface area contributed by atoms with E-state index in [1.807, 2.05) is 26.0 Å². The van der Waals surface area contributed by atoms with Crippen molar-refractivity contribution in [1.82, 2.24) is 24.0 Å². The van der Waals surface area contributed by atoms with Gasteiger partial charge in [-0.25, -0.2) is 19.0 Å². The van der Waals surface area contributed by atoms with Gasteiger partial charge < -0.3 is 15.0 Å². The Balaban J connectivity index is 1.57. The Morgan fingerprint density at radius 3 is 2.60 bits per heavy atom. The number of hydrogen-bond donors (Lipinski definition) is 1. The highest BCUT2D eigenvalue weighted by molar-refractivity contribution is 5.86. The molecule has 1 aliphatic rings. The molecule has 11 heteroatoms. The Morgan fingerprint density at radius 1 is 1.20 bits per heavy atom. The third-order valence-electron chi connectivity index (χ3n) is 7.10. The van der Waals surface area contributed by atoms with E-state index in [1.165, 1.54) is 31.9 Å². The van der Waals surface area contributed by atoms with E-state index in [1.54, 1.807) is 19.3 Å². The van der Waals surface area contributed by atoms with Crippen molar-refractivity contribution in [3.8, 4) is 11.6 Å². The van der Waals surface area contributed by atoms with Gasteiger partial charge in [-0.2, -0.15) is 0 Å². The van der Waals surface area contributed by atoms with Crippen LogP contribution in [0, 0.1) is 0 Å². The van der Waals surface area contributed by atoms with E-state index in [0.717, 1.165) is 37.4 Å². The molecule has 0 radical (unpaired) electrons. The van der Waals surface area contributed by atoms with Crippen molar-refractivity contribution in [3.63, 3.8) is 0 Å². The number of hydrogen-bond acceptors (Lipinski definition) is 8. The van der Waals surface area contributed by atoms with E-state index in [0.29, 0.717) is 11.7 Å². The molecule has 0 spiro atoms. The molecule has 40 heavy (non-hydrogen) atoms. The molecule has 3 heterocycles. The van der Waals surface area contributed by atoms with E-state index in [-0.39, 0.29) is 41.8 Å². The fraction of sp³-hybridized carbons (Fsp3) is 0.414. The zero-order valence-electron chi connectivity index (χ0n) is 23.7. The number of rotatable bonds is 11. The molecule has 0 atom stereocenters. The highest BCUT2D eigenvalue weighted by atomic mass is 16.5. The summed E-state index contributed by atoms with van der Waals surface area (Å²) in [5.74, 6) is 1.99. The number of aliphatic imine (C=N–C) groups is 2. The SMILES string of the molecule is C=CCn1c(=O)c(C=NCNc2ccc(C3CCN(C)CC3)c(OC)c2)c(N=C)n1-c1ccc(=O)n(C(C)C)n1. The van der Waals surface area contributed by atoms with Crippen molar-refractivity contribution >= 4 is 24.4 Å². The minimum absolute atomic E-state index is 0.160. The lowest BCUT2D eigenvalue weighted by molar-refractivity contribution is 0.252. The van der Waals surface area contributed by atoms with Crippen LogP contribution in [0.15, 0.2) is 62.6 Å². The first-order chi connectivity index (χ1) is 19.3. The zero-order valence-corrected chi connectivity index (χ0v) is 23.7. The molecule has 0 saturated carbocycles. The monoisotopic (exact) mass is 546 g/mol. The maximum atomic E-state index is 13.4. The average molecular weight is 547 g/mol. The quantitative estimate of drug-likeness (QED) is 0.291. The van der Waals surface area contributed by atoms with Gasteiger partial charge in [0.05, 0.1) is 19.7 Å². The maximum absolute atomic E-state index is 13.4. The third-order valence-corrected chi connectivity index (χ3v) is 7.10. The second-order valence-corrected chi connectivity index (χ2v) is 10.1. The van der Waals surface area contributed by atoms with E-state index in [9.17, 15) is 9.59 Å². The van der Waals surface area contributed by atoms with Crippen molar-refractivity contribution in [2.45, 2.75) is 45.2 Å². The molecule has 0 amide bonds. The van der Waals surface area contributed by atoms with Gasteiger partial charge in [-0.05, 0) is 77.2 Å². The highest BCUT2D eigenvalue weighted by Gasteiger charge is 2.22. The molecule has 11 nitrogen and oxygen atoms in total. The number of aromatic nitrogens is 4. The van der Waals surface area contributed by atoms with Crippen LogP contribution in [0.25, 0.3) is 5.82 Å². The van der Waals surface area contributed by atoms with Gasteiger partial charge in [0.25, 0.3) is 11.1 Å². The van der Waals surface area contributed by atoms with Crippen LogP contribution >= 0.6 is 0 Å². The topological polar surface area (TPSA) is 111 Å². The second kappa shape index (κ2) is 12.7. The molecule has 2 aromatic heterocycles. The number of piperidine rings is 1. The van der Waals surface area contributed by atoms with E-state index < -0.39 is 0 Å². The number of anilines is 1. The Morgan fingerprint density at radius 2 is 1.95 bits per heavy atom. The molecule has 1 N–H and O–H groups in total. The number of benzene rings is 1. The fourth-order valence-corrected chi connectivity index (χ4v) is 4.99. The summed E-state index contributed by atoms with van der Waals surface area (Å²) in [6.45, 7) is 13.8. The van der Waals surface area contributed by atoms with Crippen LogP contribution in [0.1, 0.15) is 49.8 Å². The number of nitrogens with one attached hydrogen (secondary N) is 1. The average Bonchev–Trinajstić information content (AvgIpc) is 3.22. The van der Waals surface area contributed by atoms with Gasteiger partial charge in [-0.3, -0.25) is 14.6 Å². The smallest absolute Gasteiger partial charge is 0.278 e. The molecule has 0 bridgehead atoms. The molecule has 1 aromatic carbocycles. The minimum atomic E-state index is -0.320. The minimum Gasteiger partial charge on any atom is -0.496 e. The van der Waals surface area contributed by atoms with Gasteiger partial charge in [0.2, 0.25) is 0 Å². The lowest BCUT2D eigenvalue weighted by atomic mass is 9.89. The zero-order chi connectivity index (χ0) is 28.8. The fourth-order valence-electron chi connectivity index (χ4n) is 4.99. The molecule has 1 saturated heterocycles. The summed E-state index contributed by atoms with van der Waals surface area (Å²) in [4.78, 5) is 36.5. The van der Waals surface area contributed by atoms with E-state index >= 15 is 0 Å². The van der Waals surface area contributed by atoms with Crippen molar-refractivity contribution in [3.05, 3.63) is 74.8 Å². The normalized spacial score (nSPS) is 14.6. The standard InChI is InChI=1S/C29H38N8O3/c1-7-14-35-29(39)24(28(30-4)37(35)26-10-11-27(38)36(33-26)20(2)3)18-31-19-32-22-8-9-23(25(17-22)40-6)21-12-15-34(5)16-13-21/h7-11,17-18,20-21,32H,1,4,12-16,19H2,2-3,5-6H3. The molecule has 0 aliphatic carbocycles. The van der Waals surface area contributed by atoms with E-state index in [4.69, 9.17) is 4.74 Å². The van der Waals surface area contributed by atoms with Gasteiger partial charge in [0.1, 0.15) is 18.0 Å². The van der Waals surface area contributed by atoms with Gasteiger partial charge in [-0.15, -0.1) is 11.7 Å². The van der Waals surface area contributed by atoms with Gasteiger partial charge in [-0.1, -0.05) is 12.1 Å². The molecule has 3 aromatic rings. The Bertz CT molecular complexity index is 1510. The molecule has 1 fully saturated rings. The summed E-state index contributed by atoms with van der Waals surface area (Å²) in [5.41, 5.74) is 1.81. The Labute approximate surface area is 234 Å². The number of ether oxygens (including phenoxy) is 1. The van der Waals surface area contributed by atoms with E-state index in [2.05, 4.69) is 51.7 Å². The van der Waals surface area contributed by atoms with Crippen LogP contribution in [0.3, 0.4) is 0 Å². The molecule has 0 unspecified atom stereocenters. The predicted octanol–water partition coefficient (Wildman–Crippen LogP) is 3.60. The van der Waals surface area contributed by atoms with Crippen molar-refractivity contribution in [1.29, 1.82) is 0 Å². The Kier molecular flexibility index (Phi) is 9.15. The van der Waals surface area contributed by atoms with Crippen LogP contribution in [0.2, 0.25) is 0 Å². The Hall–Kier alpha value is -4.25. The van der Waals surface area contributed by atoms with Crippen molar-refractivity contribution in [2.24, 2.45) is 9.98 Å². The van der Waals surface area contributed by atoms with Crippen molar-refractivity contribution in [2.75, 3.05) is 39.2 Å². The van der Waals surface area contributed by atoms with Crippen LogP contribution in [-0.2, 0) is 6.54 Å². The maximum Gasteiger partial charge on any atom is 0.278 e. The summed E-state index contributed by atoms with van der Waals surface area (Å²) in [6, 6.07) is 8.96. The highest BCUT2D eigenvalue weighted by Crippen LogP contribution is 2.35. The van der Waals surface area contributed by atoms with Crippen LogP contribution in [0.4, 0.5) is 11.5 Å². The summed E-state index contributed by atoms with van der Waals surface area (Å²) in [7, 11) is 3.85. The first kappa shape index (κ1) is 28.8. The number of nitrogens with zero attached hydrogens (tertiary/aromatic N) is 7. The van der Waals surface area contributed by atoms with Gasteiger partial charge in [0, 0.05) is 24.0 Å². The first-order valence-corrected chi connectivity index (χ1v) is 13.4. The lowest BCUT2D eigenvalue weighted by Gasteiger charge is -2.30. The summed E-state index contributed by atoms with van der Waals surface area (Å²) < 4.78 is 10.0. The van der Waals surface area contributed by atoms with Crippen LogP contribution in [-0.4, -0.2) is 70.9 Å². The van der Waals surface area contributed by atoms with Crippen molar-refractivity contribution < 1.29 is 4.74 Å². The summed E-state index contributed by atoms with van der Waals surface area (Å²) in [5, 5.41) is 7.73. The number of allylic oxidation sites excluding steroid dienone is 1. The third kappa shape index (κ3) is 5.99. The summed E-state index contributed by atoms with van der Waals surface area (Å²) in [6.07, 6.45) is 5.31. The molecular weight excluding hydrogens is 508 g/mol. The molecule has 1 aliphatic heterocycles. The van der Waals surface area contributed by atoms with Gasteiger partial charge in [0.15, 0.2) is 11.6 Å². The second-order valence-electron chi connectivity index (χ2n) is 10.1. The number of methoxy groups -OCH3 is 1. The molecule has 4 rings (SSSR count). The number of likely N-dealkylation sites (tertiary alicyclic amines) is 1. The predicted molar refractivity (Wildman–Crippen MR) is 160 cm³/mol. The molecule has 212 valence electrons. The largest absolute Gasteiger partial charge is 0.496 e. The summed E-state index contributed by atoms with van der Waals surface area (Å²) >= 11 is 0. The van der Waals surface area contributed by atoms with Gasteiger partial charge >= 0.3 is 0 Å². The van der Waals surface area contributed by atoms with Crippen LogP contribution < -0.4 is 21.2 Å². The first-order valence-electron chi connectivity index (χ1n) is 13.4. The van der Waals surface area contributed by atoms with Crippen LogP contribution in [0.5, 0.6) is 5.75 Å². The molecular formula is C29H38N8O3. The lowest BCUT2D eigenvalue weighted by Crippen LogP contribution is -2.29.